The number of nitrogens with one attached hydrogen (secondary N) is 1. The number of nitriles is 1. The van der Waals surface area contributed by atoms with E-state index in [2.05, 4.69) is 5.32 Å². The van der Waals surface area contributed by atoms with Gasteiger partial charge in [-0.2, -0.15) is 18.4 Å². The molecule has 0 fully saturated rings. The number of non-ortho nitro benzene ring substituents is 1. The Labute approximate surface area is 193 Å². The van der Waals surface area contributed by atoms with Crippen molar-refractivity contribution >= 4 is 28.9 Å². The van der Waals surface area contributed by atoms with Crippen LogP contribution in [0.3, 0.4) is 0 Å². The molecular weight excluding hydrogens is 481 g/mol. The first-order chi connectivity index (χ1) is 16.0. The van der Waals surface area contributed by atoms with Crippen LogP contribution in [0, 0.1) is 21.4 Å². The third-order valence-electron chi connectivity index (χ3n) is 4.32. The topological polar surface area (TPSA) is 127 Å². The summed E-state index contributed by atoms with van der Waals surface area (Å²) in [4.78, 5) is 35.1. The van der Waals surface area contributed by atoms with Crippen LogP contribution in [0.5, 0.6) is 11.5 Å². The van der Waals surface area contributed by atoms with Crippen LogP contribution in [0.25, 0.3) is 0 Å². The number of anilines is 1. The number of hydrogen-bond acceptors (Lipinski definition) is 6. The first kappa shape index (κ1) is 24.3. The van der Waals surface area contributed by atoms with Crippen molar-refractivity contribution in [3.63, 3.8) is 0 Å². The molecule has 1 aromatic heterocycles. The van der Waals surface area contributed by atoms with Crippen molar-refractivity contribution in [3.05, 3.63) is 91.3 Å². The Bertz CT molecular complexity index is 1360. The third kappa shape index (κ3) is 5.70. The highest BCUT2D eigenvalue weighted by atomic mass is 35.5. The number of amides is 1. The van der Waals surface area contributed by atoms with Crippen LogP contribution in [0.1, 0.15) is 11.1 Å². The van der Waals surface area contributed by atoms with Gasteiger partial charge < -0.3 is 14.6 Å². The van der Waals surface area contributed by atoms with E-state index < -0.39 is 40.4 Å². The van der Waals surface area contributed by atoms with Crippen molar-refractivity contribution in [3.8, 4) is 17.6 Å². The van der Waals surface area contributed by atoms with Gasteiger partial charge in [-0.1, -0.05) is 11.6 Å². The lowest BCUT2D eigenvalue weighted by Gasteiger charge is -2.16. The van der Waals surface area contributed by atoms with E-state index in [1.807, 2.05) is 0 Å². The molecule has 0 saturated heterocycles. The van der Waals surface area contributed by atoms with Gasteiger partial charge in [-0.15, -0.1) is 0 Å². The van der Waals surface area contributed by atoms with Crippen molar-refractivity contribution in [1.29, 1.82) is 5.26 Å². The second-order valence-corrected chi connectivity index (χ2v) is 7.17. The maximum atomic E-state index is 13.5. The van der Waals surface area contributed by atoms with Gasteiger partial charge in [0, 0.05) is 29.0 Å². The number of nitro groups is 1. The highest BCUT2D eigenvalue weighted by molar-refractivity contribution is 6.30. The highest BCUT2D eigenvalue weighted by Crippen LogP contribution is 2.36. The summed E-state index contributed by atoms with van der Waals surface area (Å²) in [5.74, 6) is -2.17. The lowest BCUT2D eigenvalue weighted by Crippen LogP contribution is -2.29. The number of halogens is 4. The summed E-state index contributed by atoms with van der Waals surface area (Å²) in [7, 11) is 0. The molecule has 3 aromatic rings. The van der Waals surface area contributed by atoms with E-state index in [1.54, 1.807) is 6.07 Å². The molecule has 0 saturated carbocycles. The van der Waals surface area contributed by atoms with Gasteiger partial charge in [0.25, 0.3) is 11.2 Å². The molecule has 2 aromatic carbocycles. The van der Waals surface area contributed by atoms with Gasteiger partial charge in [-0.25, -0.2) is 0 Å². The first-order valence-electron chi connectivity index (χ1n) is 9.21. The van der Waals surface area contributed by atoms with Crippen LogP contribution >= 0.6 is 11.6 Å². The largest absolute Gasteiger partial charge is 0.451 e. The molecule has 34 heavy (non-hydrogen) atoms. The summed E-state index contributed by atoms with van der Waals surface area (Å²) < 4.78 is 46.4. The molecule has 0 atom stereocenters. The Morgan fingerprint density at radius 1 is 1.21 bits per heavy atom. The van der Waals surface area contributed by atoms with Gasteiger partial charge in [0.1, 0.15) is 17.9 Å². The average Bonchev–Trinajstić information content (AvgIpc) is 2.75. The SMILES string of the molecule is N#Cc1cc(Cl)cc(Oc2c(C(F)(F)F)ccn(CC(=O)Nc3ccc([N+](=O)[O-])cc3)c2=O)c1. The molecule has 0 bridgehead atoms. The first-order valence-corrected chi connectivity index (χ1v) is 9.59. The fraction of sp³-hybridized carbons (Fsp3) is 0.0952. The molecule has 0 aliphatic rings. The Hall–Kier alpha value is -4.37. The van der Waals surface area contributed by atoms with E-state index in [0.29, 0.717) is 10.6 Å². The molecule has 0 unspecified atom stereocenters. The Morgan fingerprint density at radius 2 is 1.88 bits per heavy atom. The van der Waals surface area contributed by atoms with Crippen molar-refractivity contribution < 1.29 is 27.6 Å². The molecule has 1 heterocycles. The second kappa shape index (κ2) is 9.63. The number of nitrogens with zero attached hydrogens (tertiary/aromatic N) is 3. The minimum absolute atomic E-state index is 0.00124. The molecule has 0 spiro atoms. The zero-order valence-electron chi connectivity index (χ0n) is 16.8. The van der Waals surface area contributed by atoms with E-state index in [4.69, 9.17) is 21.6 Å². The van der Waals surface area contributed by atoms with Crippen LogP contribution in [-0.2, 0) is 17.5 Å². The highest BCUT2D eigenvalue weighted by Gasteiger charge is 2.36. The van der Waals surface area contributed by atoms with Crippen LogP contribution in [0.15, 0.2) is 59.5 Å². The predicted octanol–water partition coefficient (Wildman–Crippen LogP) is 4.73. The zero-order chi connectivity index (χ0) is 25.0. The number of pyridine rings is 1. The lowest BCUT2D eigenvalue weighted by molar-refractivity contribution is -0.384. The Kier molecular flexibility index (Phi) is 6.88. The smallest absolute Gasteiger partial charge is 0.420 e. The predicted molar refractivity (Wildman–Crippen MR) is 114 cm³/mol. The summed E-state index contributed by atoms with van der Waals surface area (Å²) in [5, 5.41) is 22.1. The van der Waals surface area contributed by atoms with E-state index in [-0.39, 0.29) is 27.7 Å². The number of carbonyl (C=O) groups excluding carboxylic acids is 1. The van der Waals surface area contributed by atoms with E-state index in [9.17, 15) is 32.9 Å². The number of carbonyl (C=O) groups is 1. The normalized spacial score (nSPS) is 10.9. The number of alkyl halides is 3. The fourth-order valence-corrected chi connectivity index (χ4v) is 3.05. The number of ether oxygens (including phenoxy) is 1. The second-order valence-electron chi connectivity index (χ2n) is 6.73. The average molecular weight is 493 g/mol. The van der Waals surface area contributed by atoms with Crippen molar-refractivity contribution in [2.24, 2.45) is 0 Å². The number of hydrogen-bond donors (Lipinski definition) is 1. The maximum absolute atomic E-state index is 13.5. The number of rotatable bonds is 6. The summed E-state index contributed by atoms with van der Waals surface area (Å²) in [6.45, 7) is -0.677. The third-order valence-corrected chi connectivity index (χ3v) is 4.54. The van der Waals surface area contributed by atoms with Crippen molar-refractivity contribution in [2.75, 3.05) is 5.32 Å². The summed E-state index contributed by atoms with van der Waals surface area (Å²) in [5.41, 5.74) is -2.68. The van der Waals surface area contributed by atoms with E-state index >= 15 is 0 Å². The van der Waals surface area contributed by atoms with Gasteiger partial charge in [-0.3, -0.25) is 19.7 Å². The quantitative estimate of drug-likeness (QED) is 0.391. The standard InChI is InChI=1S/C21H12ClF3N4O5/c22-13-7-12(10-26)8-16(9-13)34-19-17(21(23,24)25)5-6-28(20(19)31)11-18(30)27-14-1-3-15(4-2-14)29(32)33/h1-9H,11H2,(H,27,30). The van der Waals surface area contributed by atoms with Crippen LogP contribution in [0.4, 0.5) is 24.5 Å². The molecule has 1 amide bonds. The van der Waals surface area contributed by atoms with Gasteiger partial charge in [0.05, 0.1) is 16.6 Å². The van der Waals surface area contributed by atoms with Gasteiger partial charge in [0.15, 0.2) is 0 Å². The molecule has 13 heteroatoms. The van der Waals surface area contributed by atoms with Crippen LogP contribution < -0.4 is 15.6 Å². The number of nitro benzene ring substituents is 1. The molecule has 1 N–H and O–H groups in total. The minimum atomic E-state index is -4.95. The monoisotopic (exact) mass is 492 g/mol. The number of aromatic nitrogens is 1. The maximum Gasteiger partial charge on any atom is 0.420 e. The summed E-state index contributed by atoms with van der Waals surface area (Å²) in [6, 6.07) is 10.6. The zero-order valence-corrected chi connectivity index (χ0v) is 17.6. The molecule has 174 valence electrons. The van der Waals surface area contributed by atoms with Crippen molar-refractivity contribution in [1.82, 2.24) is 4.57 Å². The fourth-order valence-electron chi connectivity index (χ4n) is 2.83. The van der Waals surface area contributed by atoms with Gasteiger partial charge in [0.2, 0.25) is 11.7 Å². The van der Waals surface area contributed by atoms with Gasteiger partial charge >= 0.3 is 6.18 Å². The Balaban J connectivity index is 1.91. The van der Waals surface area contributed by atoms with Crippen LogP contribution in [0.2, 0.25) is 5.02 Å². The summed E-state index contributed by atoms with van der Waals surface area (Å²) >= 11 is 5.84. The Morgan fingerprint density at radius 3 is 2.47 bits per heavy atom. The molecule has 0 radical (unpaired) electrons. The van der Waals surface area contributed by atoms with Crippen LogP contribution in [-0.4, -0.2) is 15.4 Å². The van der Waals surface area contributed by atoms with E-state index in [1.165, 1.54) is 18.2 Å². The molecule has 9 nitrogen and oxygen atoms in total. The molecule has 0 aliphatic heterocycles. The molecular formula is C21H12ClF3N4O5. The lowest BCUT2D eigenvalue weighted by atomic mass is 10.2. The molecule has 0 aliphatic carbocycles. The van der Waals surface area contributed by atoms with Crippen molar-refractivity contribution in [2.45, 2.75) is 12.7 Å². The van der Waals surface area contributed by atoms with E-state index in [0.717, 1.165) is 30.5 Å². The minimum Gasteiger partial charge on any atom is -0.451 e. The summed E-state index contributed by atoms with van der Waals surface area (Å²) in [6.07, 6.45) is -4.17. The number of benzene rings is 2. The molecule has 3 rings (SSSR count). The van der Waals surface area contributed by atoms with Gasteiger partial charge in [-0.05, 0) is 36.4 Å².